The summed E-state index contributed by atoms with van der Waals surface area (Å²) >= 11 is 3.26. The van der Waals surface area contributed by atoms with Gasteiger partial charge in [-0.05, 0) is 71.6 Å². The van der Waals surface area contributed by atoms with Crippen LogP contribution in [0.25, 0.3) is 0 Å². The Kier molecular flexibility index (Phi) is 5.86. The van der Waals surface area contributed by atoms with Crippen molar-refractivity contribution in [1.29, 1.82) is 0 Å². The topological polar surface area (TPSA) is 55.1 Å². The molecule has 0 aromatic heterocycles. The normalized spacial score (nSPS) is 30.3. The lowest BCUT2D eigenvalue weighted by molar-refractivity contribution is 0.0755. The summed E-state index contributed by atoms with van der Waals surface area (Å²) in [6, 6.07) is 4.65. The van der Waals surface area contributed by atoms with Crippen molar-refractivity contribution in [2.75, 3.05) is 0 Å². The van der Waals surface area contributed by atoms with Crippen LogP contribution >= 0.6 is 28.3 Å². The fourth-order valence-corrected chi connectivity index (χ4v) is 4.46. The summed E-state index contributed by atoms with van der Waals surface area (Å²) in [5.41, 5.74) is 6.60. The highest BCUT2D eigenvalue weighted by Gasteiger charge is 2.40. The van der Waals surface area contributed by atoms with E-state index in [0.29, 0.717) is 21.9 Å². The zero-order valence-corrected chi connectivity index (χ0v) is 14.6. The molecule has 22 heavy (non-hydrogen) atoms. The molecule has 3 nitrogen and oxygen atoms in total. The van der Waals surface area contributed by atoms with Gasteiger partial charge in [-0.2, -0.15) is 0 Å². The molecule has 3 rings (SSSR count). The van der Waals surface area contributed by atoms with Crippen LogP contribution in [0.3, 0.4) is 0 Å². The molecule has 2 fully saturated rings. The second-order valence-electron chi connectivity index (χ2n) is 6.31. The first kappa shape index (κ1) is 17.7. The highest BCUT2D eigenvalue weighted by Crippen LogP contribution is 2.39. The summed E-state index contributed by atoms with van der Waals surface area (Å²) in [6.07, 6.45) is 5.49. The number of nitrogens with two attached hydrogens (primary N) is 1. The maximum absolute atomic E-state index is 13.1. The number of carbonyl (C=O) groups excluding carboxylic acids is 1. The maximum atomic E-state index is 13.1. The summed E-state index contributed by atoms with van der Waals surface area (Å²) in [5, 5.41) is 3.17. The second kappa shape index (κ2) is 7.28. The number of hydrogen-bond donors (Lipinski definition) is 2. The molecular formula is C16H21BrClFN2O. The van der Waals surface area contributed by atoms with E-state index in [2.05, 4.69) is 21.2 Å². The molecular weight excluding hydrogens is 371 g/mol. The molecule has 0 aliphatic heterocycles. The molecule has 2 aliphatic rings. The van der Waals surface area contributed by atoms with E-state index in [1.807, 2.05) is 0 Å². The molecule has 0 spiro atoms. The van der Waals surface area contributed by atoms with Gasteiger partial charge in [0.1, 0.15) is 5.82 Å². The van der Waals surface area contributed by atoms with Crippen LogP contribution in [0.4, 0.5) is 4.39 Å². The van der Waals surface area contributed by atoms with E-state index in [1.165, 1.54) is 24.6 Å². The van der Waals surface area contributed by atoms with Crippen LogP contribution in [0.15, 0.2) is 22.7 Å². The minimum atomic E-state index is -0.348. The molecule has 2 atom stereocenters. The van der Waals surface area contributed by atoms with Gasteiger partial charge in [-0.15, -0.1) is 12.4 Å². The van der Waals surface area contributed by atoms with Crippen molar-refractivity contribution in [1.82, 2.24) is 5.32 Å². The van der Waals surface area contributed by atoms with E-state index < -0.39 is 0 Å². The van der Waals surface area contributed by atoms with Gasteiger partial charge in [-0.3, -0.25) is 4.79 Å². The molecule has 0 radical (unpaired) electrons. The maximum Gasteiger partial charge on any atom is 0.252 e. The van der Waals surface area contributed by atoms with Crippen molar-refractivity contribution in [3.05, 3.63) is 34.1 Å². The Morgan fingerprint density at radius 1 is 1.27 bits per heavy atom. The zero-order chi connectivity index (χ0) is 15.0. The van der Waals surface area contributed by atoms with Gasteiger partial charge >= 0.3 is 0 Å². The van der Waals surface area contributed by atoms with Crippen LogP contribution in [0, 0.1) is 17.7 Å². The predicted octanol–water partition coefficient (Wildman–Crippen LogP) is 3.65. The lowest BCUT2D eigenvalue weighted by Crippen LogP contribution is -2.53. The van der Waals surface area contributed by atoms with Gasteiger partial charge in [0.05, 0.1) is 5.56 Å². The lowest BCUT2D eigenvalue weighted by Gasteiger charge is -2.45. The monoisotopic (exact) mass is 390 g/mol. The molecule has 1 aromatic carbocycles. The van der Waals surface area contributed by atoms with E-state index >= 15 is 0 Å². The largest absolute Gasteiger partial charge is 0.349 e. The van der Waals surface area contributed by atoms with Crippen LogP contribution in [-0.4, -0.2) is 18.0 Å². The molecule has 2 aliphatic carbocycles. The molecule has 2 saturated carbocycles. The number of halogens is 3. The van der Waals surface area contributed by atoms with Crippen molar-refractivity contribution in [3.8, 4) is 0 Å². The smallest absolute Gasteiger partial charge is 0.252 e. The quantitative estimate of drug-likeness (QED) is 0.808. The number of carbonyl (C=O) groups is 1. The van der Waals surface area contributed by atoms with Gasteiger partial charge in [-0.25, -0.2) is 4.39 Å². The van der Waals surface area contributed by atoms with Gasteiger partial charge in [0.2, 0.25) is 0 Å². The Balaban J connectivity index is 0.00000176. The molecule has 1 amide bonds. The first-order valence-electron chi connectivity index (χ1n) is 7.56. The van der Waals surface area contributed by atoms with E-state index in [-0.39, 0.29) is 36.2 Å². The molecule has 6 heteroatoms. The molecule has 2 unspecified atom stereocenters. The minimum Gasteiger partial charge on any atom is -0.349 e. The van der Waals surface area contributed by atoms with Gasteiger partial charge in [0, 0.05) is 16.6 Å². The Bertz CT molecular complexity index is 543. The van der Waals surface area contributed by atoms with Crippen molar-refractivity contribution in [2.45, 2.75) is 44.2 Å². The highest BCUT2D eigenvalue weighted by atomic mass is 79.9. The number of nitrogens with one attached hydrogen (secondary N) is 1. The summed E-state index contributed by atoms with van der Waals surface area (Å²) < 4.78 is 13.6. The molecule has 1 aromatic rings. The standard InChI is InChI=1S/C16H20BrFN2O.ClH/c17-14-8-11(18)4-5-13(14)16(21)20-15-9-2-1-3-10(15)7-12(19)6-9;/h4-5,8-10,12,15H,1-3,6-7,19H2,(H,20,21);1H. The second-order valence-corrected chi connectivity index (χ2v) is 7.16. The van der Waals surface area contributed by atoms with Gasteiger partial charge in [0.25, 0.3) is 5.91 Å². The predicted molar refractivity (Wildman–Crippen MR) is 90.6 cm³/mol. The average molecular weight is 392 g/mol. The summed E-state index contributed by atoms with van der Waals surface area (Å²) in [7, 11) is 0. The summed E-state index contributed by atoms with van der Waals surface area (Å²) in [4.78, 5) is 12.5. The van der Waals surface area contributed by atoms with E-state index in [9.17, 15) is 9.18 Å². The minimum absolute atomic E-state index is 0. The van der Waals surface area contributed by atoms with E-state index in [4.69, 9.17) is 5.73 Å². The van der Waals surface area contributed by atoms with Crippen LogP contribution in [0.1, 0.15) is 42.5 Å². The third kappa shape index (κ3) is 3.63. The van der Waals surface area contributed by atoms with Crippen molar-refractivity contribution >= 4 is 34.2 Å². The van der Waals surface area contributed by atoms with Crippen molar-refractivity contribution in [2.24, 2.45) is 17.6 Å². The van der Waals surface area contributed by atoms with Gasteiger partial charge < -0.3 is 11.1 Å². The Morgan fingerprint density at radius 3 is 2.50 bits per heavy atom. The third-order valence-electron chi connectivity index (χ3n) is 4.85. The third-order valence-corrected chi connectivity index (χ3v) is 5.51. The van der Waals surface area contributed by atoms with Crippen LogP contribution in [-0.2, 0) is 0 Å². The van der Waals surface area contributed by atoms with Crippen molar-refractivity contribution in [3.63, 3.8) is 0 Å². The Labute approximate surface area is 144 Å². The van der Waals surface area contributed by atoms with Gasteiger partial charge in [0.15, 0.2) is 0 Å². The van der Waals surface area contributed by atoms with Gasteiger partial charge in [-0.1, -0.05) is 6.42 Å². The number of benzene rings is 1. The van der Waals surface area contributed by atoms with Crippen molar-refractivity contribution < 1.29 is 9.18 Å². The molecule has 0 heterocycles. The number of amides is 1. The zero-order valence-electron chi connectivity index (χ0n) is 12.2. The highest BCUT2D eigenvalue weighted by molar-refractivity contribution is 9.10. The Hall–Kier alpha value is -0.650. The first-order chi connectivity index (χ1) is 10.0. The Morgan fingerprint density at radius 2 is 1.91 bits per heavy atom. The van der Waals surface area contributed by atoms with Crippen LogP contribution in [0.5, 0.6) is 0 Å². The summed E-state index contributed by atoms with van der Waals surface area (Å²) in [6.45, 7) is 0. The molecule has 3 N–H and O–H groups in total. The lowest BCUT2D eigenvalue weighted by atomic mass is 9.67. The first-order valence-corrected chi connectivity index (χ1v) is 8.35. The average Bonchev–Trinajstić information content (AvgIpc) is 2.39. The SMILES string of the molecule is Cl.NC1CC2CCCC(C1)C2NC(=O)c1ccc(F)cc1Br. The summed E-state index contributed by atoms with van der Waals surface area (Å²) in [5.74, 6) is 0.490. The fourth-order valence-electron chi connectivity index (χ4n) is 3.93. The van der Waals surface area contributed by atoms with Crippen LogP contribution in [0.2, 0.25) is 0 Å². The van der Waals surface area contributed by atoms with Crippen LogP contribution < -0.4 is 11.1 Å². The molecule has 2 bridgehead atoms. The van der Waals surface area contributed by atoms with E-state index in [1.54, 1.807) is 0 Å². The number of fused-ring (bicyclic) bond motifs is 2. The number of hydrogen-bond acceptors (Lipinski definition) is 2. The molecule has 0 saturated heterocycles. The fraction of sp³-hybridized carbons (Fsp3) is 0.562. The molecule has 122 valence electrons. The van der Waals surface area contributed by atoms with E-state index in [0.717, 1.165) is 25.7 Å². The number of rotatable bonds is 2.